The van der Waals surface area contributed by atoms with Gasteiger partial charge in [-0.1, -0.05) is 24.3 Å². The summed E-state index contributed by atoms with van der Waals surface area (Å²) in [7, 11) is 1.97. The minimum absolute atomic E-state index is 0.232. The molecule has 0 spiro atoms. The highest BCUT2D eigenvalue weighted by molar-refractivity contribution is 9.10. The normalized spacial score (nSPS) is 12.6. The molecule has 2 aromatic rings. The average Bonchev–Trinajstić information content (AvgIpc) is 2.70. The van der Waals surface area contributed by atoms with Crippen molar-refractivity contribution in [3.63, 3.8) is 0 Å². The minimum atomic E-state index is 0.232. The van der Waals surface area contributed by atoms with Crippen molar-refractivity contribution in [3.8, 4) is 0 Å². The van der Waals surface area contributed by atoms with Crippen molar-refractivity contribution in [2.24, 2.45) is 12.9 Å². The summed E-state index contributed by atoms with van der Waals surface area (Å²) in [6.45, 7) is 4.16. The van der Waals surface area contributed by atoms with Crippen LogP contribution in [0, 0.1) is 13.8 Å². The molecule has 21 heavy (non-hydrogen) atoms. The number of benzene rings is 1. The van der Waals surface area contributed by atoms with Crippen LogP contribution in [0.1, 0.15) is 28.9 Å². The quantitative estimate of drug-likeness (QED) is 0.622. The number of aryl methyl sites for hydroxylation is 4. The van der Waals surface area contributed by atoms with Crippen LogP contribution >= 0.6 is 15.9 Å². The van der Waals surface area contributed by atoms with E-state index in [1.807, 2.05) is 18.7 Å². The zero-order valence-electron chi connectivity index (χ0n) is 12.9. The Kier molecular flexibility index (Phi) is 5.56. The van der Waals surface area contributed by atoms with E-state index in [1.54, 1.807) is 0 Å². The molecule has 0 aliphatic rings. The molecule has 0 aliphatic carbocycles. The zero-order chi connectivity index (χ0) is 15.4. The SMILES string of the molecule is Cc1ccccc1CCC(Cc1c(Br)c(C)nn1C)NN. The van der Waals surface area contributed by atoms with Crippen LogP contribution in [0.2, 0.25) is 0 Å². The van der Waals surface area contributed by atoms with Gasteiger partial charge in [0.15, 0.2) is 0 Å². The molecule has 4 nitrogen and oxygen atoms in total. The standard InChI is InChI=1S/C16H23BrN4/c1-11-6-4-5-7-13(11)8-9-14(19-18)10-15-16(17)12(2)20-21(15)3/h4-7,14,19H,8-10,18H2,1-3H3. The molecule has 1 aromatic carbocycles. The van der Waals surface area contributed by atoms with Crippen LogP contribution in [0.25, 0.3) is 0 Å². The maximum atomic E-state index is 5.73. The molecule has 1 aromatic heterocycles. The Labute approximate surface area is 134 Å². The number of hydrogen-bond donors (Lipinski definition) is 2. The Balaban J connectivity index is 2.02. The Morgan fingerprint density at radius 3 is 2.62 bits per heavy atom. The first kappa shape index (κ1) is 16.2. The van der Waals surface area contributed by atoms with Gasteiger partial charge in [-0.25, -0.2) is 0 Å². The maximum Gasteiger partial charge on any atom is 0.0738 e. The van der Waals surface area contributed by atoms with E-state index in [2.05, 4.69) is 57.6 Å². The van der Waals surface area contributed by atoms with Crippen molar-refractivity contribution in [2.75, 3.05) is 0 Å². The molecular weight excluding hydrogens is 328 g/mol. The number of halogens is 1. The zero-order valence-corrected chi connectivity index (χ0v) is 14.4. The lowest BCUT2D eigenvalue weighted by Crippen LogP contribution is -2.37. The topological polar surface area (TPSA) is 55.9 Å². The summed E-state index contributed by atoms with van der Waals surface area (Å²) in [6, 6.07) is 8.74. The minimum Gasteiger partial charge on any atom is -0.271 e. The summed E-state index contributed by atoms with van der Waals surface area (Å²) in [5.41, 5.74) is 7.86. The molecule has 0 fully saturated rings. The lowest BCUT2D eigenvalue weighted by molar-refractivity contribution is 0.476. The van der Waals surface area contributed by atoms with Gasteiger partial charge in [0.25, 0.3) is 0 Å². The van der Waals surface area contributed by atoms with E-state index >= 15 is 0 Å². The first-order valence-electron chi connectivity index (χ1n) is 7.21. The third-order valence-corrected chi connectivity index (χ3v) is 4.99. The van der Waals surface area contributed by atoms with Crippen LogP contribution in [-0.2, 0) is 19.9 Å². The molecule has 0 saturated heterocycles. The van der Waals surface area contributed by atoms with Gasteiger partial charge in [-0.05, 0) is 53.7 Å². The van der Waals surface area contributed by atoms with Crippen molar-refractivity contribution >= 4 is 15.9 Å². The largest absolute Gasteiger partial charge is 0.271 e. The Morgan fingerprint density at radius 1 is 1.33 bits per heavy atom. The smallest absolute Gasteiger partial charge is 0.0738 e. The maximum absolute atomic E-state index is 5.73. The number of nitrogens with two attached hydrogens (primary N) is 1. The summed E-state index contributed by atoms with van der Waals surface area (Å²) < 4.78 is 3.01. The number of hydrazine groups is 1. The third-order valence-electron chi connectivity index (χ3n) is 3.96. The van der Waals surface area contributed by atoms with E-state index in [0.717, 1.165) is 29.4 Å². The molecule has 0 bridgehead atoms. The number of hydrogen-bond acceptors (Lipinski definition) is 3. The first-order valence-corrected chi connectivity index (χ1v) is 8.00. The molecule has 1 heterocycles. The summed E-state index contributed by atoms with van der Waals surface area (Å²) in [5.74, 6) is 5.73. The predicted octanol–water partition coefficient (Wildman–Crippen LogP) is 2.81. The highest BCUT2D eigenvalue weighted by Crippen LogP contribution is 2.22. The van der Waals surface area contributed by atoms with E-state index in [0.29, 0.717) is 0 Å². The van der Waals surface area contributed by atoms with E-state index in [9.17, 15) is 0 Å². The fourth-order valence-corrected chi connectivity index (χ4v) is 3.10. The molecule has 5 heteroatoms. The van der Waals surface area contributed by atoms with Crippen molar-refractivity contribution in [3.05, 3.63) is 51.3 Å². The van der Waals surface area contributed by atoms with Gasteiger partial charge in [0.1, 0.15) is 0 Å². The second-order valence-electron chi connectivity index (χ2n) is 5.50. The van der Waals surface area contributed by atoms with Gasteiger partial charge in [-0.15, -0.1) is 0 Å². The number of nitrogens with zero attached hydrogens (tertiary/aromatic N) is 2. The van der Waals surface area contributed by atoms with Crippen molar-refractivity contribution in [1.29, 1.82) is 0 Å². The molecule has 0 radical (unpaired) electrons. The molecule has 0 aliphatic heterocycles. The lowest BCUT2D eigenvalue weighted by Gasteiger charge is -2.17. The predicted molar refractivity (Wildman–Crippen MR) is 90.0 cm³/mol. The van der Waals surface area contributed by atoms with E-state index in [-0.39, 0.29) is 6.04 Å². The highest BCUT2D eigenvalue weighted by Gasteiger charge is 2.16. The molecule has 114 valence electrons. The Hall–Kier alpha value is -1.17. The van der Waals surface area contributed by atoms with E-state index in [4.69, 9.17) is 5.84 Å². The van der Waals surface area contributed by atoms with Gasteiger partial charge in [-0.2, -0.15) is 5.10 Å². The van der Waals surface area contributed by atoms with Crippen molar-refractivity contribution < 1.29 is 0 Å². The molecule has 0 amide bonds. The van der Waals surface area contributed by atoms with Crippen LogP contribution in [0.4, 0.5) is 0 Å². The summed E-state index contributed by atoms with van der Waals surface area (Å²) in [6.07, 6.45) is 2.88. The van der Waals surface area contributed by atoms with Crippen LogP contribution in [0.5, 0.6) is 0 Å². The second kappa shape index (κ2) is 7.20. The Morgan fingerprint density at radius 2 is 2.05 bits per heavy atom. The summed E-state index contributed by atoms with van der Waals surface area (Å²) in [4.78, 5) is 0. The number of rotatable bonds is 6. The highest BCUT2D eigenvalue weighted by atomic mass is 79.9. The first-order chi connectivity index (χ1) is 10.0. The Bertz CT molecular complexity index is 606. The molecule has 2 rings (SSSR count). The van der Waals surface area contributed by atoms with Crippen LogP contribution in [0.3, 0.4) is 0 Å². The third kappa shape index (κ3) is 3.93. The molecule has 3 N–H and O–H groups in total. The summed E-state index contributed by atoms with van der Waals surface area (Å²) >= 11 is 3.61. The number of aromatic nitrogens is 2. The van der Waals surface area contributed by atoms with Crippen LogP contribution in [-0.4, -0.2) is 15.8 Å². The van der Waals surface area contributed by atoms with Crippen molar-refractivity contribution in [1.82, 2.24) is 15.2 Å². The average molecular weight is 351 g/mol. The van der Waals surface area contributed by atoms with Crippen LogP contribution < -0.4 is 11.3 Å². The van der Waals surface area contributed by atoms with Gasteiger partial charge >= 0.3 is 0 Å². The molecule has 1 unspecified atom stereocenters. The van der Waals surface area contributed by atoms with Gasteiger partial charge in [-0.3, -0.25) is 16.0 Å². The molecular formula is C16H23BrN4. The monoisotopic (exact) mass is 350 g/mol. The van der Waals surface area contributed by atoms with Gasteiger partial charge < -0.3 is 0 Å². The summed E-state index contributed by atoms with van der Waals surface area (Å²) in [5, 5.41) is 4.43. The van der Waals surface area contributed by atoms with Crippen molar-refractivity contribution in [2.45, 2.75) is 39.2 Å². The fraction of sp³-hybridized carbons (Fsp3) is 0.438. The lowest BCUT2D eigenvalue weighted by atomic mass is 9.99. The van der Waals surface area contributed by atoms with Gasteiger partial charge in [0.2, 0.25) is 0 Å². The number of nitrogens with one attached hydrogen (secondary N) is 1. The van der Waals surface area contributed by atoms with Gasteiger partial charge in [0.05, 0.1) is 15.9 Å². The molecule has 0 saturated carbocycles. The van der Waals surface area contributed by atoms with Crippen LogP contribution in [0.15, 0.2) is 28.7 Å². The molecule has 1 atom stereocenters. The van der Waals surface area contributed by atoms with E-state index < -0.39 is 0 Å². The van der Waals surface area contributed by atoms with E-state index in [1.165, 1.54) is 16.8 Å². The van der Waals surface area contributed by atoms with Gasteiger partial charge in [0, 0.05) is 19.5 Å². The fourth-order valence-electron chi connectivity index (χ4n) is 2.60. The second-order valence-corrected chi connectivity index (χ2v) is 6.30.